The molecular weight excluding hydrogens is 522 g/mol. The molecule has 0 aliphatic carbocycles. The third-order valence-electron chi connectivity index (χ3n) is 6.58. The van der Waals surface area contributed by atoms with Crippen molar-refractivity contribution in [2.45, 2.75) is 27.7 Å². The van der Waals surface area contributed by atoms with Crippen molar-refractivity contribution in [1.82, 2.24) is 0 Å². The lowest BCUT2D eigenvalue weighted by molar-refractivity contribution is -0.115. The van der Waals surface area contributed by atoms with E-state index in [9.17, 15) is 9.59 Å². The number of amidine groups is 1. The van der Waals surface area contributed by atoms with Crippen molar-refractivity contribution >= 4 is 67.3 Å². The molecule has 0 radical (unpaired) electrons. The molecule has 2 aliphatic heterocycles. The van der Waals surface area contributed by atoms with Gasteiger partial charge in [0, 0.05) is 17.1 Å². The number of likely N-dealkylation sites (N-methyl/N-ethyl adjacent to an activating group) is 1. The molecule has 0 bridgehead atoms. The van der Waals surface area contributed by atoms with Crippen molar-refractivity contribution < 1.29 is 9.59 Å². The van der Waals surface area contributed by atoms with Gasteiger partial charge < -0.3 is 4.90 Å². The summed E-state index contributed by atoms with van der Waals surface area (Å²) in [6, 6.07) is 17.6. The van der Waals surface area contributed by atoms with Gasteiger partial charge in [-0.05, 0) is 104 Å². The van der Waals surface area contributed by atoms with E-state index in [1.165, 1.54) is 17.3 Å². The van der Waals surface area contributed by atoms with E-state index in [0.29, 0.717) is 15.6 Å². The van der Waals surface area contributed by atoms with Crippen molar-refractivity contribution in [3.05, 3.63) is 91.8 Å². The summed E-state index contributed by atoms with van der Waals surface area (Å²) in [5, 5.41) is 0.530. The molecule has 5 nitrogen and oxygen atoms in total. The molecule has 0 unspecified atom stereocenters. The molecular formula is C28H24BrN3O2S. The number of hydrogen-bond acceptors (Lipinski definition) is 4. The Balaban J connectivity index is 1.71. The number of amides is 2. The molecule has 5 rings (SSSR count). The van der Waals surface area contributed by atoms with Crippen LogP contribution in [0.5, 0.6) is 0 Å². The van der Waals surface area contributed by atoms with E-state index in [1.54, 1.807) is 16.8 Å². The summed E-state index contributed by atoms with van der Waals surface area (Å²) in [5.41, 5.74) is 7.98. The minimum Gasteiger partial charge on any atom is -0.311 e. The van der Waals surface area contributed by atoms with Crippen LogP contribution in [0.3, 0.4) is 0 Å². The highest BCUT2D eigenvalue weighted by molar-refractivity contribution is 9.10. The molecule has 1 fully saturated rings. The molecule has 176 valence electrons. The molecule has 3 aromatic carbocycles. The first-order chi connectivity index (χ1) is 16.7. The largest absolute Gasteiger partial charge is 0.311 e. The smallest absolute Gasteiger partial charge is 0.272 e. The van der Waals surface area contributed by atoms with Crippen LogP contribution in [0.1, 0.15) is 27.8 Å². The summed E-state index contributed by atoms with van der Waals surface area (Å²) in [6.45, 7) is 8.17. The summed E-state index contributed by atoms with van der Waals surface area (Å²) >= 11 is 4.76. The third-order valence-corrected chi connectivity index (χ3v) is 8.11. The van der Waals surface area contributed by atoms with E-state index >= 15 is 0 Å². The van der Waals surface area contributed by atoms with Crippen LogP contribution in [-0.4, -0.2) is 24.0 Å². The first-order valence-corrected chi connectivity index (χ1v) is 12.8. The first-order valence-electron chi connectivity index (χ1n) is 11.2. The fourth-order valence-electron chi connectivity index (χ4n) is 4.21. The lowest BCUT2D eigenvalue weighted by Gasteiger charge is -2.17. The first kappa shape index (κ1) is 23.6. The molecule has 2 heterocycles. The molecule has 0 saturated carbocycles. The van der Waals surface area contributed by atoms with Crippen LogP contribution in [0.2, 0.25) is 0 Å². The molecule has 0 aromatic heterocycles. The molecule has 35 heavy (non-hydrogen) atoms. The number of rotatable bonds is 2. The fourth-order valence-corrected chi connectivity index (χ4v) is 5.66. The van der Waals surface area contributed by atoms with Gasteiger partial charge in [-0.3, -0.25) is 14.5 Å². The van der Waals surface area contributed by atoms with E-state index in [2.05, 4.69) is 22.9 Å². The highest BCUT2D eigenvalue weighted by Gasteiger charge is 2.42. The Morgan fingerprint density at radius 1 is 0.800 bits per heavy atom. The van der Waals surface area contributed by atoms with Gasteiger partial charge >= 0.3 is 0 Å². The minimum atomic E-state index is -0.245. The van der Waals surface area contributed by atoms with Crippen LogP contribution >= 0.6 is 27.7 Å². The maximum absolute atomic E-state index is 13.9. The van der Waals surface area contributed by atoms with Crippen LogP contribution in [0, 0.1) is 27.7 Å². The zero-order valence-corrected chi connectivity index (χ0v) is 22.5. The van der Waals surface area contributed by atoms with Gasteiger partial charge in [0.05, 0.1) is 27.5 Å². The van der Waals surface area contributed by atoms with E-state index in [4.69, 9.17) is 4.99 Å². The van der Waals surface area contributed by atoms with Crippen LogP contribution in [0.25, 0.3) is 5.57 Å². The lowest BCUT2D eigenvalue weighted by atomic mass is 10.1. The van der Waals surface area contributed by atoms with Crippen molar-refractivity contribution in [3.63, 3.8) is 0 Å². The van der Waals surface area contributed by atoms with Crippen LogP contribution in [0.15, 0.2) is 69.0 Å². The minimum absolute atomic E-state index is 0.193. The Hall–Kier alpha value is -3.16. The number of nitrogens with zero attached hydrogens (tertiary/aromatic N) is 3. The number of aliphatic imine (C=N–C) groups is 1. The topological polar surface area (TPSA) is 53.0 Å². The zero-order valence-electron chi connectivity index (χ0n) is 20.1. The number of fused-ring (bicyclic) bond motifs is 1. The number of hydrogen-bond donors (Lipinski definition) is 0. The second-order valence-corrected chi connectivity index (χ2v) is 10.8. The zero-order chi connectivity index (χ0) is 25.0. The molecule has 7 heteroatoms. The van der Waals surface area contributed by atoms with Crippen molar-refractivity contribution in [1.29, 1.82) is 0 Å². The van der Waals surface area contributed by atoms with Gasteiger partial charge in [-0.2, -0.15) is 0 Å². The Morgan fingerprint density at radius 2 is 1.49 bits per heavy atom. The Kier molecular flexibility index (Phi) is 5.93. The van der Waals surface area contributed by atoms with Crippen LogP contribution in [-0.2, 0) is 9.59 Å². The standard InChI is InChI=1S/C28H24BrN3O2S/c1-15-6-9-20(12-17(15)3)30-28-32(21-10-7-16(2)18(4)13-21)27(34)25(35-28)24-22-14-19(29)8-11-23(22)31(5)26(24)33/h6-14H,1-5H3/b25-24+,30-28?. The van der Waals surface area contributed by atoms with Gasteiger partial charge in [0.25, 0.3) is 11.8 Å². The van der Waals surface area contributed by atoms with Gasteiger partial charge in [-0.25, -0.2) is 4.99 Å². The van der Waals surface area contributed by atoms with Gasteiger partial charge in [-0.1, -0.05) is 28.1 Å². The summed E-state index contributed by atoms with van der Waals surface area (Å²) in [7, 11) is 1.73. The number of carbonyl (C=O) groups excluding carboxylic acids is 2. The van der Waals surface area contributed by atoms with Crippen LogP contribution in [0.4, 0.5) is 17.1 Å². The van der Waals surface area contributed by atoms with Crippen LogP contribution < -0.4 is 9.80 Å². The van der Waals surface area contributed by atoms with E-state index < -0.39 is 0 Å². The second-order valence-electron chi connectivity index (χ2n) is 8.90. The predicted octanol–water partition coefficient (Wildman–Crippen LogP) is 6.84. The molecule has 0 atom stereocenters. The highest BCUT2D eigenvalue weighted by atomic mass is 79.9. The number of benzene rings is 3. The predicted molar refractivity (Wildman–Crippen MR) is 148 cm³/mol. The molecule has 0 spiro atoms. The third kappa shape index (κ3) is 4.02. The molecule has 1 saturated heterocycles. The lowest BCUT2D eigenvalue weighted by Crippen LogP contribution is -2.29. The maximum atomic E-state index is 13.9. The second kappa shape index (κ2) is 8.81. The summed E-state index contributed by atoms with van der Waals surface area (Å²) in [6.07, 6.45) is 0. The van der Waals surface area contributed by atoms with E-state index in [-0.39, 0.29) is 11.8 Å². The quantitative estimate of drug-likeness (QED) is 0.331. The highest BCUT2D eigenvalue weighted by Crippen LogP contribution is 2.46. The van der Waals surface area contributed by atoms with Gasteiger partial charge in [-0.15, -0.1) is 0 Å². The van der Waals surface area contributed by atoms with E-state index in [1.807, 2.05) is 75.4 Å². The number of carbonyl (C=O) groups is 2. The maximum Gasteiger partial charge on any atom is 0.272 e. The van der Waals surface area contributed by atoms with E-state index in [0.717, 1.165) is 43.8 Å². The average Bonchev–Trinajstić information content (AvgIpc) is 3.25. The Bertz CT molecular complexity index is 1490. The fraction of sp³-hybridized carbons (Fsp3) is 0.179. The summed E-state index contributed by atoms with van der Waals surface area (Å²) in [4.78, 5) is 35.7. The van der Waals surface area contributed by atoms with Crippen molar-refractivity contribution in [3.8, 4) is 0 Å². The summed E-state index contributed by atoms with van der Waals surface area (Å²) in [5.74, 6) is -0.438. The van der Waals surface area contributed by atoms with Gasteiger partial charge in [0.15, 0.2) is 5.17 Å². The van der Waals surface area contributed by atoms with Crippen molar-refractivity contribution in [2.24, 2.45) is 4.99 Å². The number of thioether (sulfide) groups is 1. The molecule has 2 amide bonds. The molecule has 3 aromatic rings. The number of aryl methyl sites for hydroxylation is 4. The monoisotopic (exact) mass is 545 g/mol. The number of anilines is 2. The Morgan fingerprint density at radius 3 is 2.17 bits per heavy atom. The number of halogens is 1. The van der Waals surface area contributed by atoms with Gasteiger partial charge in [0.2, 0.25) is 0 Å². The molecule has 2 aliphatic rings. The van der Waals surface area contributed by atoms with Crippen molar-refractivity contribution in [2.75, 3.05) is 16.8 Å². The average molecular weight is 546 g/mol. The van der Waals surface area contributed by atoms with Gasteiger partial charge in [0.1, 0.15) is 0 Å². The Labute approximate surface area is 217 Å². The SMILES string of the molecule is Cc1ccc(N=C2S/C(=C3/C(=O)N(C)c4ccc(Br)cc43)C(=O)N2c2ccc(C)c(C)c2)cc1C. The summed E-state index contributed by atoms with van der Waals surface area (Å²) < 4.78 is 0.850. The normalized spacial score (nSPS) is 18.7. The molecule has 0 N–H and O–H groups in total.